The van der Waals surface area contributed by atoms with Gasteiger partial charge in [0.1, 0.15) is 5.82 Å². The molecule has 0 spiro atoms. The van der Waals surface area contributed by atoms with Crippen molar-refractivity contribution in [2.24, 2.45) is 0 Å². The molecule has 2 aromatic heterocycles. The van der Waals surface area contributed by atoms with Crippen molar-refractivity contribution in [1.29, 1.82) is 0 Å². The van der Waals surface area contributed by atoms with Gasteiger partial charge in [-0.2, -0.15) is 0 Å². The van der Waals surface area contributed by atoms with Crippen LogP contribution >= 0.6 is 11.3 Å². The van der Waals surface area contributed by atoms with Crippen LogP contribution in [-0.2, 0) is 6.54 Å². The number of pyridine rings is 1. The fourth-order valence-corrected chi connectivity index (χ4v) is 2.26. The third-order valence-electron chi connectivity index (χ3n) is 2.41. The number of nitrogens with zero attached hydrogens (tertiary/aromatic N) is 1. The Balaban J connectivity index is 2.07. The van der Waals surface area contributed by atoms with Crippen molar-refractivity contribution in [3.63, 3.8) is 0 Å². The summed E-state index contributed by atoms with van der Waals surface area (Å²) in [7, 11) is 0. The largest absolute Gasteiger partial charge is 0.478 e. The Bertz CT molecular complexity index is 537. The molecule has 0 aliphatic heterocycles. The summed E-state index contributed by atoms with van der Waals surface area (Å²) in [5.74, 6) is -0.361. The normalized spacial score (nSPS) is 10.2. The van der Waals surface area contributed by atoms with Gasteiger partial charge in [-0.3, -0.25) is 0 Å². The van der Waals surface area contributed by atoms with Crippen LogP contribution in [0.1, 0.15) is 20.8 Å². The van der Waals surface area contributed by atoms with E-state index >= 15 is 0 Å². The lowest BCUT2D eigenvalue weighted by Gasteiger charge is -2.05. The Morgan fingerprint density at radius 2 is 2.35 bits per heavy atom. The average molecular weight is 248 g/mol. The second kappa shape index (κ2) is 4.97. The molecular weight excluding hydrogens is 236 g/mol. The number of aryl methyl sites for hydroxylation is 1. The number of nitrogens with one attached hydrogen (secondary N) is 1. The molecule has 5 heteroatoms. The van der Waals surface area contributed by atoms with Crippen LogP contribution in [-0.4, -0.2) is 16.1 Å². The first kappa shape index (κ1) is 11.6. The van der Waals surface area contributed by atoms with E-state index in [9.17, 15) is 4.79 Å². The van der Waals surface area contributed by atoms with E-state index in [0.717, 1.165) is 0 Å². The smallest absolute Gasteiger partial charge is 0.335 e. The number of thiophene rings is 1. The number of aromatic nitrogens is 1. The van der Waals surface area contributed by atoms with E-state index in [1.807, 2.05) is 5.38 Å². The van der Waals surface area contributed by atoms with Crippen molar-refractivity contribution in [3.05, 3.63) is 45.8 Å². The van der Waals surface area contributed by atoms with Crippen LogP contribution in [0.4, 0.5) is 5.82 Å². The molecule has 0 amide bonds. The summed E-state index contributed by atoms with van der Waals surface area (Å²) in [5, 5.41) is 14.0. The molecule has 0 aromatic carbocycles. The predicted molar refractivity (Wildman–Crippen MR) is 67.6 cm³/mol. The molecule has 17 heavy (non-hydrogen) atoms. The Morgan fingerprint density at radius 1 is 1.53 bits per heavy atom. The van der Waals surface area contributed by atoms with Gasteiger partial charge in [-0.1, -0.05) is 0 Å². The van der Waals surface area contributed by atoms with Crippen LogP contribution in [0.3, 0.4) is 0 Å². The van der Waals surface area contributed by atoms with Gasteiger partial charge in [0, 0.05) is 11.1 Å². The Kier molecular flexibility index (Phi) is 3.39. The van der Waals surface area contributed by atoms with Gasteiger partial charge >= 0.3 is 5.97 Å². The van der Waals surface area contributed by atoms with E-state index in [-0.39, 0.29) is 5.56 Å². The molecule has 4 nitrogen and oxygen atoms in total. The van der Waals surface area contributed by atoms with Gasteiger partial charge in [-0.25, -0.2) is 9.78 Å². The van der Waals surface area contributed by atoms with Gasteiger partial charge in [0.15, 0.2) is 0 Å². The van der Waals surface area contributed by atoms with E-state index in [4.69, 9.17) is 5.11 Å². The standard InChI is InChI=1S/C12H12N2O2S/c1-8-3-5-17-10(8)7-14-11-6-9(12(15)16)2-4-13-11/h2-6H,7H2,1H3,(H,13,14)(H,15,16). The first-order chi connectivity index (χ1) is 8.16. The van der Waals surface area contributed by atoms with Gasteiger partial charge < -0.3 is 10.4 Å². The fraction of sp³-hybridized carbons (Fsp3) is 0.167. The van der Waals surface area contributed by atoms with Crippen LogP contribution in [0.15, 0.2) is 29.8 Å². The summed E-state index contributed by atoms with van der Waals surface area (Å²) >= 11 is 1.67. The maximum Gasteiger partial charge on any atom is 0.335 e. The van der Waals surface area contributed by atoms with Gasteiger partial charge in [-0.05, 0) is 36.1 Å². The number of anilines is 1. The average Bonchev–Trinajstić information content (AvgIpc) is 2.72. The highest BCUT2D eigenvalue weighted by Gasteiger charge is 2.05. The molecule has 0 aliphatic rings. The van der Waals surface area contributed by atoms with E-state index in [0.29, 0.717) is 12.4 Å². The molecule has 88 valence electrons. The molecule has 2 N–H and O–H groups in total. The Hall–Kier alpha value is -1.88. The number of carboxylic acids is 1. The zero-order chi connectivity index (χ0) is 12.3. The van der Waals surface area contributed by atoms with E-state index in [1.165, 1.54) is 28.8 Å². The van der Waals surface area contributed by atoms with E-state index < -0.39 is 5.97 Å². The summed E-state index contributed by atoms with van der Waals surface area (Å²) in [6.45, 7) is 2.72. The molecule has 0 fully saturated rings. The third-order valence-corrected chi connectivity index (χ3v) is 3.43. The van der Waals surface area contributed by atoms with E-state index in [2.05, 4.69) is 23.3 Å². The molecule has 2 heterocycles. The first-order valence-corrected chi connectivity index (χ1v) is 6.01. The molecule has 0 saturated heterocycles. The zero-order valence-electron chi connectivity index (χ0n) is 9.30. The van der Waals surface area contributed by atoms with Gasteiger partial charge in [0.2, 0.25) is 0 Å². The molecule has 0 saturated carbocycles. The number of carbonyl (C=O) groups is 1. The SMILES string of the molecule is Cc1ccsc1CNc1cc(C(=O)O)ccn1. The van der Waals surface area contributed by atoms with Crippen LogP contribution in [0.2, 0.25) is 0 Å². The van der Waals surface area contributed by atoms with Gasteiger partial charge in [0.25, 0.3) is 0 Å². The summed E-state index contributed by atoms with van der Waals surface area (Å²) in [4.78, 5) is 16.1. The van der Waals surface area contributed by atoms with Gasteiger partial charge in [-0.15, -0.1) is 11.3 Å². The first-order valence-electron chi connectivity index (χ1n) is 5.13. The molecule has 0 unspecified atom stereocenters. The lowest BCUT2D eigenvalue weighted by molar-refractivity contribution is 0.0697. The number of rotatable bonds is 4. The van der Waals surface area contributed by atoms with Crippen molar-refractivity contribution in [1.82, 2.24) is 4.98 Å². The topological polar surface area (TPSA) is 62.2 Å². The van der Waals surface area contributed by atoms with Crippen LogP contribution < -0.4 is 5.32 Å². The third kappa shape index (κ3) is 2.82. The maximum absolute atomic E-state index is 10.8. The number of hydrogen-bond donors (Lipinski definition) is 2. The van der Waals surface area contributed by atoms with Crippen molar-refractivity contribution < 1.29 is 9.90 Å². The van der Waals surface area contributed by atoms with Crippen molar-refractivity contribution >= 4 is 23.1 Å². The number of aromatic carboxylic acids is 1. The Labute approximate surface area is 103 Å². The summed E-state index contributed by atoms with van der Waals surface area (Å²) in [6, 6.07) is 5.07. The molecule has 0 atom stereocenters. The highest BCUT2D eigenvalue weighted by atomic mass is 32.1. The number of carboxylic acid groups (broad SMARTS) is 1. The minimum atomic E-state index is -0.942. The molecule has 2 rings (SSSR count). The molecular formula is C12H12N2O2S. The minimum absolute atomic E-state index is 0.241. The van der Waals surface area contributed by atoms with Crippen molar-refractivity contribution in [2.45, 2.75) is 13.5 Å². The lowest BCUT2D eigenvalue weighted by Crippen LogP contribution is -2.03. The second-order valence-corrected chi connectivity index (χ2v) is 4.62. The second-order valence-electron chi connectivity index (χ2n) is 3.62. The minimum Gasteiger partial charge on any atom is -0.478 e. The zero-order valence-corrected chi connectivity index (χ0v) is 10.1. The monoisotopic (exact) mass is 248 g/mol. The maximum atomic E-state index is 10.8. The molecule has 2 aromatic rings. The quantitative estimate of drug-likeness (QED) is 0.873. The van der Waals surface area contributed by atoms with E-state index in [1.54, 1.807) is 11.3 Å². The number of hydrogen-bond acceptors (Lipinski definition) is 4. The predicted octanol–water partition coefficient (Wildman–Crippen LogP) is 2.76. The molecule has 0 radical (unpaired) electrons. The summed E-state index contributed by atoms with van der Waals surface area (Å²) in [6.07, 6.45) is 1.49. The van der Waals surface area contributed by atoms with Crippen LogP contribution in [0.5, 0.6) is 0 Å². The molecule has 0 aliphatic carbocycles. The lowest BCUT2D eigenvalue weighted by atomic mass is 10.2. The van der Waals surface area contributed by atoms with Crippen LogP contribution in [0.25, 0.3) is 0 Å². The van der Waals surface area contributed by atoms with Crippen molar-refractivity contribution in [3.8, 4) is 0 Å². The highest BCUT2D eigenvalue weighted by molar-refractivity contribution is 7.10. The highest BCUT2D eigenvalue weighted by Crippen LogP contribution is 2.17. The van der Waals surface area contributed by atoms with Crippen molar-refractivity contribution in [2.75, 3.05) is 5.32 Å². The fourth-order valence-electron chi connectivity index (χ4n) is 1.42. The Morgan fingerprint density at radius 3 is 3.00 bits per heavy atom. The summed E-state index contributed by atoms with van der Waals surface area (Å²) in [5.41, 5.74) is 1.47. The summed E-state index contributed by atoms with van der Waals surface area (Å²) < 4.78 is 0. The molecule has 0 bridgehead atoms. The van der Waals surface area contributed by atoms with Gasteiger partial charge in [0.05, 0.1) is 12.1 Å². The van der Waals surface area contributed by atoms with Crippen LogP contribution in [0, 0.1) is 6.92 Å².